The van der Waals surface area contributed by atoms with Crippen LogP contribution >= 0.6 is 0 Å². The molecule has 5 nitrogen and oxygen atoms in total. The first-order valence-corrected chi connectivity index (χ1v) is 12.1. The number of aryl methyl sites for hydroxylation is 1. The molecule has 2 aliphatic carbocycles. The van der Waals surface area contributed by atoms with E-state index < -0.39 is 11.7 Å². The maximum Gasteiger partial charge on any atom is 0.420 e. The van der Waals surface area contributed by atoms with Crippen molar-refractivity contribution in [2.24, 2.45) is 5.92 Å². The van der Waals surface area contributed by atoms with Gasteiger partial charge in [0.05, 0.1) is 6.10 Å². The number of hydrogen-bond donors (Lipinski definition) is 1. The summed E-state index contributed by atoms with van der Waals surface area (Å²) in [5, 5.41) is 18.8. The molecule has 0 radical (unpaired) electrons. The molecule has 6 rings (SSSR count). The van der Waals surface area contributed by atoms with Crippen LogP contribution in [0.4, 0.5) is 13.2 Å². The van der Waals surface area contributed by atoms with E-state index in [-0.39, 0.29) is 17.3 Å². The van der Waals surface area contributed by atoms with Crippen molar-refractivity contribution in [3.8, 4) is 11.1 Å². The van der Waals surface area contributed by atoms with Gasteiger partial charge >= 0.3 is 6.18 Å². The standard InChI is InChI=1S/C26H27F3N4O/c27-26(28,29)24-21(12-14-33-23(30-31-25(24)33)10-3-16-1-2-16)17-4-9-22-18(15-17)11-13-32(22)19-5-7-20(34)8-6-19/h4,9,11-16,19-20,34H,1-3,5-8,10H2. The summed E-state index contributed by atoms with van der Waals surface area (Å²) in [7, 11) is 0. The van der Waals surface area contributed by atoms with Crippen LogP contribution in [0.2, 0.25) is 0 Å². The minimum Gasteiger partial charge on any atom is -0.393 e. The highest BCUT2D eigenvalue weighted by atomic mass is 19.4. The summed E-state index contributed by atoms with van der Waals surface area (Å²) in [6, 6.07) is 9.31. The monoisotopic (exact) mass is 468 g/mol. The Hall–Kier alpha value is -2.87. The van der Waals surface area contributed by atoms with Crippen LogP contribution in [0.3, 0.4) is 0 Å². The Morgan fingerprint density at radius 1 is 0.941 bits per heavy atom. The lowest BCUT2D eigenvalue weighted by Gasteiger charge is -2.27. The third-order valence-electron chi connectivity index (χ3n) is 7.50. The molecule has 0 atom stereocenters. The van der Waals surface area contributed by atoms with Crippen LogP contribution in [0.5, 0.6) is 0 Å². The van der Waals surface area contributed by atoms with Gasteiger partial charge in [0.25, 0.3) is 0 Å². The normalized spacial score (nSPS) is 21.5. The van der Waals surface area contributed by atoms with Crippen molar-refractivity contribution in [3.05, 3.63) is 54.1 Å². The van der Waals surface area contributed by atoms with Crippen molar-refractivity contribution in [3.63, 3.8) is 0 Å². The maximum atomic E-state index is 14.3. The molecule has 3 aromatic heterocycles. The average Bonchev–Trinajstić information content (AvgIpc) is 3.41. The van der Waals surface area contributed by atoms with Crippen LogP contribution in [0.15, 0.2) is 42.7 Å². The van der Waals surface area contributed by atoms with E-state index in [1.807, 2.05) is 24.4 Å². The van der Waals surface area contributed by atoms with Gasteiger partial charge in [0, 0.05) is 35.8 Å². The number of alkyl halides is 3. The summed E-state index contributed by atoms with van der Waals surface area (Å²) in [5.74, 6) is 1.26. The molecular weight excluding hydrogens is 441 g/mol. The highest BCUT2D eigenvalue weighted by Gasteiger charge is 2.38. The van der Waals surface area contributed by atoms with Gasteiger partial charge in [-0.1, -0.05) is 18.9 Å². The minimum atomic E-state index is -4.55. The Labute approximate surface area is 195 Å². The zero-order valence-electron chi connectivity index (χ0n) is 18.8. The van der Waals surface area contributed by atoms with Gasteiger partial charge in [0.1, 0.15) is 11.4 Å². The van der Waals surface area contributed by atoms with E-state index in [1.165, 1.54) is 17.2 Å². The Morgan fingerprint density at radius 3 is 2.47 bits per heavy atom. The van der Waals surface area contributed by atoms with Gasteiger partial charge in [0.2, 0.25) is 0 Å². The van der Waals surface area contributed by atoms with Crippen LogP contribution in [0.1, 0.15) is 62.4 Å². The quantitative estimate of drug-likeness (QED) is 0.380. The number of aliphatic hydroxyl groups excluding tert-OH is 1. The third-order valence-corrected chi connectivity index (χ3v) is 7.50. The molecule has 0 spiro atoms. The van der Waals surface area contributed by atoms with Crippen LogP contribution in [-0.4, -0.2) is 30.4 Å². The van der Waals surface area contributed by atoms with E-state index in [1.54, 1.807) is 18.3 Å². The fraction of sp³-hybridized carbons (Fsp3) is 0.462. The lowest BCUT2D eigenvalue weighted by atomic mass is 9.93. The topological polar surface area (TPSA) is 55.4 Å². The number of pyridine rings is 1. The molecule has 0 aliphatic heterocycles. The average molecular weight is 469 g/mol. The van der Waals surface area contributed by atoms with Crippen LogP contribution in [0, 0.1) is 5.92 Å². The summed E-state index contributed by atoms with van der Waals surface area (Å²) in [6.45, 7) is 0. The van der Waals surface area contributed by atoms with Crippen molar-refractivity contribution in [2.45, 2.75) is 69.7 Å². The lowest BCUT2D eigenvalue weighted by Crippen LogP contribution is -2.20. The van der Waals surface area contributed by atoms with Crippen LogP contribution < -0.4 is 0 Å². The van der Waals surface area contributed by atoms with E-state index in [9.17, 15) is 18.3 Å². The van der Waals surface area contributed by atoms with Gasteiger partial charge in [-0.15, -0.1) is 10.2 Å². The van der Waals surface area contributed by atoms with E-state index in [0.717, 1.165) is 43.0 Å². The Morgan fingerprint density at radius 2 is 1.74 bits per heavy atom. The number of benzene rings is 1. The van der Waals surface area contributed by atoms with Gasteiger partial charge in [0.15, 0.2) is 5.65 Å². The van der Waals surface area contributed by atoms with Crippen molar-refractivity contribution in [1.82, 2.24) is 19.2 Å². The molecule has 2 saturated carbocycles. The van der Waals surface area contributed by atoms with Crippen molar-refractivity contribution in [1.29, 1.82) is 0 Å². The van der Waals surface area contributed by atoms with E-state index >= 15 is 0 Å². The molecule has 4 aromatic rings. The van der Waals surface area contributed by atoms with Crippen LogP contribution in [0.25, 0.3) is 27.7 Å². The van der Waals surface area contributed by atoms with Gasteiger partial charge < -0.3 is 9.67 Å². The van der Waals surface area contributed by atoms with Crippen molar-refractivity contribution in [2.75, 3.05) is 0 Å². The molecular formula is C26H27F3N4O. The zero-order valence-corrected chi connectivity index (χ0v) is 18.8. The Kier molecular flexibility index (Phi) is 5.17. The molecule has 3 heterocycles. The second-order valence-corrected chi connectivity index (χ2v) is 9.85. The molecule has 34 heavy (non-hydrogen) atoms. The largest absolute Gasteiger partial charge is 0.420 e. The number of rotatable bonds is 5. The second-order valence-electron chi connectivity index (χ2n) is 9.85. The summed E-state index contributed by atoms with van der Waals surface area (Å²) >= 11 is 0. The number of hydrogen-bond acceptors (Lipinski definition) is 3. The lowest BCUT2D eigenvalue weighted by molar-refractivity contribution is -0.136. The number of nitrogens with zero attached hydrogens (tertiary/aromatic N) is 4. The molecule has 0 bridgehead atoms. The molecule has 2 aliphatic rings. The molecule has 2 fully saturated rings. The summed E-state index contributed by atoms with van der Waals surface area (Å²) in [6.07, 6.45) is 6.22. The predicted octanol–water partition coefficient (Wildman–Crippen LogP) is 6.19. The number of halogens is 3. The fourth-order valence-electron chi connectivity index (χ4n) is 5.42. The highest BCUT2D eigenvalue weighted by Crippen LogP contribution is 2.41. The molecule has 8 heteroatoms. The predicted molar refractivity (Wildman–Crippen MR) is 123 cm³/mol. The van der Waals surface area contributed by atoms with Crippen LogP contribution in [-0.2, 0) is 12.6 Å². The first-order chi connectivity index (χ1) is 16.4. The van der Waals surface area contributed by atoms with Gasteiger partial charge in [-0.05, 0) is 73.4 Å². The SMILES string of the molecule is OC1CCC(n2ccc3cc(-c4ccn5c(CCC6CC6)nnc5c4C(F)(F)F)ccc32)CC1. The molecule has 1 N–H and O–H groups in total. The first kappa shape index (κ1) is 21.6. The summed E-state index contributed by atoms with van der Waals surface area (Å²) < 4.78 is 46.6. The van der Waals surface area contributed by atoms with Gasteiger partial charge in [-0.25, -0.2) is 0 Å². The van der Waals surface area contributed by atoms with E-state index in [0.29, 0.717) is 29.8 Å². The summed E-state index contributed by atoms with van der Waals surface area (Å²) in [4.78, 5) is 0. The molecule has 0 amide bonds. The first-order valence-electron chi connectivity index (χ1n) is 12.1. The molecule has 0 saturated heterocycles. The number of aliphatic hydroxyl groups is 1. The second kappa shape index (κ2) is 8.12. The number of fused-ring (bicyclic) bond motifs is 2. The molecule has 1 aromatic carbocycles. The third kappa shape index (κ3) is 3.87. The molecule has 0 unspecified atom stereocenters. The minimum absolute atomic E-state index is 0.122. The van der Waals surface area contributed by atoms with E-state index in [4.69, 9.17) is 0 Å². The van der Waals surface area contributed by atoms with E-state index in [2.05, 4.69) is 14.8 Å². The van der Waals surface area contributed by atoms with Crippen molar-refractivity contribution < 1.29 is 18.3 Å². The molecule has 178 valence electrons. The smallest absolute Gasteiger partial charge is 0.393 e. The zero-order chi connectivity index (χ0) is 23.4. The Balaban J connectivity index is 1.39. The fourth-order valence-corrected chi connectivity index (χ4v) is 5.42. The van der Waals surface area contributed by atoms with Crippen molar-refractivity contribution >= 4 is 16.6 Å². The van der Waals surface area contributed by atoms with Gasteiger partial charge in [-0.2, -0.15) is 13.2 Å². The highest BCUT2D eigenvalue weighted by molar-refractivity contribution is 5.87. The Bertz CT molecular complexity index is 1340. The number of aromatic nitrogens is 4. The summed E-state index contributed by atoms with van der Waals surface area (Å²) in [5.41, 5.74) is 0.775. The maximum absolute atomic E-state index is 14.3. The van der Waals surface area contributed by atoms with Gasteiger partial charge in [-0.3, -0.25) is 4.40 Å².